The SMILES string of the molecule is CC(C(=O)N1CCOCC1)N1CCCN(CCO)CC1. The summed E-state index contributed by atoms with van der Waals surface area (Å²) in [4.78, 5) is 19.0. The lowest BCUT2D eigenvalue weighted by Crippen LogP contribution is -2.51. The van der Waals surface area contributed by atoms with Gasteiger partial charge < -0.3 is 14.7 Å². The first kappa shape index (κ1) is 15.7. The predicted molar refractivity (Wildman–Crippen MR) is 76.6 cm³/mol. The van der Waals surface area contributed by atoms with Gasteiger partial charge in [-0.3, -0.25) is 14.6 Å². The van der Waals surface area contributed by atoms with Gasteiger partial charge in [0.15, 0.2) is 0 Å². The van der Waals surface area contributed by atoms with Crippen LogP contribution in [-0.2, 0) is 9.53 Å². The Morgan fingerprint density at radius 3 is 2.60 bits per heavy atom. The van der Waals surface area contributed by atoms with Crippen LogP contribution in [0, 0.1) is 0 Å². The van der Waals surface area contributed by atoms with E-state index in [9.17, 15) is 4.79 Å². The molecule has 6 heteroatoms. The molecule has 2 heterocycles. The first-order valence-electron chi connectivity index (χ1n) is 7.66. The Bertz CT molecular complexity index is 308. The number of carbonyl (C=O) groups is 1. The van der Waals surface area contributed by atoms with Crippen LogP contribution in [0.15, 0.2) is 0 Å². The third kappa shape index (κ3) is 4.15. The molecule has 0 bridgehead atoms. The lowest BCUT2D eigenvalue weighted by atomic mass is 10.2. The van der Waals surface area contributed by atoms with Gasteiger partial charge in [-0.1, -0.05) is 0 Å². The third-order valence-corrected chi connectivity index (χ3v) is 4.27. The van der Waals surface area contributed by atoms with Crippen LogP contribution in [0.3, 0.4) is 0 Å². The van der Waals surface area contributed by atoms with Crippen molar-refractivity contribution in [1.82, 2.24) is 14.7 Å². The lowest BCUT2D eigenvalue weighted by molar-refractivity contribution is -0.140. The minimum Gasteiger partial charge on any atom is -0.395 e. The van der Waals surface area contributed by atoms with E-state index in [2.05, 4.69) is 9.80 Å². The van der Waals surface area contributed by atoms with Gasteiger partial charge in [0.25, 0.3) is 0 Å². The second kappa shape index (κ2) is 7.93. The van der Waals surface area contributed by atoms with Gasteiger partial charge in [0, 0.05) is 39.3 Å². The van der Waals surface area contributed by atoms with Crippen LogP contribution in [0.2, 0.25) is 0 Å². The molecule has 1 atom stereocenters. The van der Waals surface area contributed by atoms with Crippen LogP contribution >= 0.6 is 0 Å². The highest BCUT2D eigenvalue weighted by molar-refractivity contribution is 5.81. The Hall–Kier alpha value is -0.690. The lowest BCUT2D eigenvalue weighted by Gasteiger charge is -2.34. The first-order valence-corrected chi connectivity index (χ1v) is 7.66. The number of aliphatic hydroxyl groups is 1. The van der Waals surface area contributed by atoms with Crippen LogP contribution in [0.5, 0.6) is 0 Å². The molecule has 1 unspecified atom stereocenters. The van der Waals surface area contributed by atoms with Crippen LogP contribution in [-0.4, -0.2) is 97.4 Å². The number of hydrogen-bond acceptors (Lipinski definition) is 5. The fourth-order valence-electron chi connectivity index (χ4n) is 2.95. The number of carbonyl (C=O) groups excluding carboxylic acids is 1. The number of morpholine rings is 1. The molecule has 0 aromatic heterocycles. The van der Waals surface area contributed by atoms with Crippen molar-refractivity contribution in [3.63, 3.8) is 0 Å². The summed E-state index contributed by atoms with van der Waals surface area (Å²) < 4.78 is 5.30. The van der Waals surface area contributed by atoms with Crippen molar-refractivity contribution in [2.45, 2.75) is 19.4 Å². The average molecular weight is 285 g/mol. The molecule has 0 spiro atoms. The maximum Gasteiger partial charge on any atom is 0.239 e. The molecule has 1 N–H and O–H groups in total. The van der Waals surface area contributed by atoms with Crippen LogP contribution < -0.4 is 0 Å². The molecule has 1 amide bonds. The van der Waals surface area contributed by atoms with E-state index in [0.717, 1.165) is 39.1 Å². The number of aliphatic hydroxyl groups excluding tert-OH is 1. The maximum absolute atomic E-state index is 12.5. The molecule has 2 rings (SSSR count). The summed E-state index contributed by atoms with van der Waals surface area (Å²) in [7, 11) is 0. The van der Waals surface area contributed by atoms with Crippen molar-refractivity contribution < 1.29 is 14.6 Å². The third-order valence-electron chi connectivity index (χ3n) is 4.27. The molecule has 2 aliphatic heterocycles. The number of ether oxygens (including phenoxy) is 1. The smallest absolute Gasteiger partial charge is 0.239 e. The second-order valence-electron chi connectivity index (χ2n) is 5.57. The second-order valence-corrected chi connectivity index (χ2v) is 5.57. The normalized spacial score (nSPS) is 24.4. The molecule has 0 aromatic carbocycles. The predicted octanol–water partition coefficient (Wildman–Crippen LogP) is -0.766. The van der Waals surface area contributed by atoms with Gasteiger partial charge in [-0.2, -0.15) is 0 Å². The molecule has 6 nitrogen and oxygen atoms in total. The van der Waals surface area contributed by atoms with E-state index in [1.807, 2.05) is 11.8 Å². The molecule has 0 radical (unpaired) electrons. The van der Waals surface area contributed by atoms with Gasteiger partial charge in [0.05, 0.1) is 25.9 Å². The van der Waals surface area contributed by atoms with E-state index in [1.54, 1.807) is 0 Å². The van der Waals surface area contributed by atoms with Gasteiger partial charge in [-0.25, -0.2) is 0 Å². The zero-order valence-corrected chi connectivity index (χ0v) is 12.5. The van der Waals surface area contributed by atoms with Crippen LogP contribution in [0.25, 0.3) is 0 Å². The van der Waals surface area contributed by atoms with Gasteiger partial charge >= 0.3 is 0 Å². The Morgan fingerprint density at radius 1 is 1.15 bits per heavy atom. The van der Waals surface area contributed by atoms with E-state index in [-0.39, 0.29) is 18.6 Å². The highest BCUT2D eigenvalue weighted by Crippen LogP contribution is 2.10. The van der Waals surface area contributed by atoms with E-state index < -0.39 is 0 Å². The summed E-state index contributed by atoms with van der Waals surface area (Å²) in [5.41, 5.74) is 0. The molecule has 20 heavy (non-hydrogen) atoms. The number of nitrogens with zero attached hydrogens (tertiary/aromatic N) is 3. The molecule has 2 saturated heterocycles. The van der Waals surface area contributed by atoms with E-state index in [0.29, 0.717) is 26.3 Å². The largest absolute Gasteiger partial charge is 0.395 e. The van der Waals surface area contributed by atoms with Crippen LogP contribution in [0.1, 0.15) is 13.3 Å². The standard InChI is InChI=1S/C14H27N3O3/c1-13(14(19)17-8-11-20-12-9-17)16-4-2-3-15(5-6-16)7-10-18/h13,18H,2-12H2,1H3. The molecule has 116 valence electrons. The summed E-state index contributed by atoms with van der Waals surface area (Å²) >= 11 is 0. The van der Waals surface area contributed by atoms with Crippen molar-refractivity contribution in [3.05, 3.63) is 0 Å². The number of amides is 1. The van der Waals surface area contributed by atoms with Gasteiger partial charge in [-0.15, -0.1) is 0 Å². The van der Waals surface area contributed by atoms with Crippen LogP contribution in [0.4, 0.5) is 0 Å². The van der Waals surface area contributed by atoms with Crippen molar-refractivity contribution in [2.24, 2.45) is 0 Å². The number of β-amino-alcohol motifs (C(OH)–C–C–N with tert-alkyl or cyclic N) is 1. The fourth-order valence-corrected chi connectivity index (χ4v) is 2.95. The van der Waals surface area contributed by atoms with Crippen molar-refractivity contribution in [3.8, 4) is 0 Å². The zero-order chi connectivity index (χ0) is 14.4. The minimum atomic E-state index is -0.0535. The molecular weight excluding hydrogens is 258 g/mol. The molecule has 0 aliphatic carbocycles. The van der Waals surface area contributed by atoms with Crippen molar-refractivity contribution in [1.29, 1.82) is 0 Å². The van der Waals surface area contributed by atoms with Crippen molar-refractivity contribution >= 4 is 5.91 Å². The topological polar surface area (TPSA) is 56.2 Å². The summed E-state index contributed by atoms with van der Waals surface area (Å²) in [6, 6.07) is -0.0535. The fraction of sp³-hybridized carbons (Fsp3) is 0.929. The summed E-state index contributed by atoms with van der Waals surface area (Å²) in [5, 5.41) is 9.02. The average Bonchev–Trinajstić information content (AvgIpc) is 2.73. The Labute approximate surface area is 121 Å². The molecule has 2 fully saturated rings. The Kier molecular flexibility index (Phi) is 6.22. The first-order chi connectivity index (χ1) is 9.72. The molecule has 0 aromatic rings. The van der Waals surface area contributed by atoms with Gasteiger partial charge in [-0.05, 0) is 19.9 Å². The highest BCUT2D eigenvalue weighted by Gasteiger charge is 2.28. The summed E-state index contributed by atoms with van der Waals surface area (Å²) in [6.45, 7) is 9.50. The van der Waals surface area contributed by atoms with Gasteiger partial charge in [0.2, 0.25) is 5.91 Å². The maximum atomic E-state index is 12.5. The quantitative estimate of drug-likeness (QED) is 0.735. The minimum absolute atomic E-state index is 0.0535. The number of hydrogen-bond donors (Lipinski definition) is 1. The monoisotopic (exact) mass is 285 g/mol. The molecule has 2 aliphatic rings. The Balaban J connectivity index is 1.84. The number of rotatable bonds is 4. The van der Waals surface area contributed by atoms with Gasteiger partial charge in [0.1, 0.15) is 0 Å². The van der Waals surface area contributed by atoms with Crippen molar-refractivity contribution in [2.75, 3.05) is 65.6 Å². The van der Waals surface area contributed by atoms with E-state index >= 15 is 0 Å². The highest BCUT2D eigenvalue weighted by atomic mass is 16.5. The molecule has 0 saturated carbocycles. The zero-order valence-electron chi connectivity index (χ0n) is 12.5. The molecular formula is C14H27N3O3. The summed E-state index contributed by atoms with van der Waals surface area (Å²) in [6.07, 6.45) is 1.06. The Morgan fingerprint density at radius 2 is 1.90 bits per heavy atom. The summed E-state index contributed by atoms with van der Waals surface area (Å²) in [5.74, 6) is 0.226. The van der Waals surface area contributed by atoms with E-state index in [1.165, 1.54) is 0 Å². The van der Waals surface area contributed by atoms with E-state index in [4.69, 9.17) is 9.84 Å².